The first-order chi connectivity index (χ1) is 9.35. The number of para-hydroxylation sites is 1. The van der Waals surface area contributed by atoms with Crippen LogP contribution in [0.15, 0.2) is 36.4 Å². The number of benzene rings is 2. The van der Waals surface area contributed by atoms with Crippen LogP contribution in [0.1, 0.15) is 25.3 Å². The van der Waals surface area contributed by atoms with E-state index in [0.717, 1.165) is 12.2 Å². The maximum Gasteiger partial charge on any atom is 0.124 e. The van der Waals surface area contributed by atoms with Crippen LogP contribution in [0.4, 0.5) is 0 Å². The van der Waals surface area contributed by atoms with Crippen LogP contribution in [0, 0.1) is 0 Å². The Hall–Kier alpha value is -1.96. The highest BCUT2D eigenvalue weighted by molar-refractivity contribution is 6.08. The van der Waals surface area contributed by atoms with Gasteiger partial charge in [-0.25, -0.2) is 0 Å². The van der Waals surface area contributed by atoms with Crippen LogP contribution in [0.3, 0.4) is 0 Å². The molecule has 19 heavy (non-hydrogen) atoms. The van der Waals surface area contributed by atoms with Crippen LogP contribution in [0.5, 0.6) is 5.75 Å². The van der Waals surface area contributed by atoms with Crippen molar-refractivity contribution in [3.63, 3.8) is 0 Å². The number of hydrogen-bond donors (Lipinski definition) is 1. The number of fused-ring (bicyclic) bond motifs is 3. The van der Waals surface area contributed by atoms with E-state index in [1.165, 1.54) is 40.2 Å². The second kappa shape index (κ2) is 4.96. The Kier molecular flexibility index (Phi) is 3.16. The lowest BCUT2D eigenvalue weighted by Gasteiger charge is -2.09. The lowest BCUT2D eigenvalue weighted by atomic mass is 10.0. The third-order valence-electron chi connectivity index (χ3n) is 3.75. The maximum absolute atomic E-state index is 5.53. The second-order valence-electron chi connectivity index (χ2n) is 4.94. The molecule has 0 fully saturated rings. The van der Waals surface area contributed by atoms with Crippen LogP contribution in [-0.4, -0.2) is 12.1 Å². The second-order valence-corrected chi connectivity index (χ2v) is 4.94. The molecule has 0 bridgehead atoms. The Morgan fingerprint density at radius 2 is 1.89 bits per heavy atom. The van der Waals surface area contributed by atoms with Crippen molar-refractivity contribution in [2.24, 2.45) is 0 Å². The molecule has 0 amide bonds. The number of nitrogens with one attached hydrogen (secondary N) is 1. The first kappa shape index (κ1) is 12.1. The number of aromatic nitrogens is 1. The number of aromatic amines is 1. The van der Waals surface area contributed by atoms with Crippen molar-refractivity contribution in [1.29, 1.82) is 0 Å². The molecular formula is C17H19NO. The Bertz CT molecular complexity index is 712. The van der Waals surface area contributed by atoms with E-state index in [0.29, 0.717) is 0 Å². The molecule has 3 rings (SSSR count). The molecule has 1 heterocycles. The molecule has 0 radical (unpaired) electrons. The summed E-state index contributed by atoms with van der Waals surface area (Å²) in [5.41, 5.74) is 3.73. The van der Waals surface area contributed by atoms with E-state index < -0.39 is 0 Å². The predicted molar refractivity (Wildman–Crippen MR) is 81.0 cm³/mol. The fraction of sp³-hybridized carbons (Fsp3) is 0.294. The van der Waals surface area contributed by atoms with Gasteiger partial charge in [-0.05, 0) is 31.0 Å². The zero-order valence-electron chi connectivity index (χ0n) is 11.5. The van der Waals surface area contributed by atoms with E-state index >= 15 is 0 Å². The van der Waals surface area contributed by atoms with Crippen LogP contribution >= 0.6 is 0 Å². The largest absolute Gasteiger partial charge is 0.496 e. The molecule has 0 saturated heterocycles. The lowest BCUT2D eigenvalue weighted by molar-refractivity contribution is 0.410. The molecule has 0 aliphatic rings. The third kappa shape index (κ3) is 1.97. The highest BCUT2D eigenvalue weighted by Crippen LogP contribution is 2.33. The molecule has 0 saturated carbocycles. The summed E-state index contributed by atoms with van der Waals surface area (Å²) in [5.74, 6) is 0.993. The number of unbranched alkanes of at least 4 members (excludes halogenated alkanes) is 1. The van der Waals surface area contributed by atoms with E-state index in [1.807, 2.05) is 0 Å². The molecule has 0 unspecified atom stereocenters. The molecule has 1 N–H and O–H groups in total. The van der Waals surface area contributed by atoms with E-state index in [4.69, 9.17) is 4.74 Å². The normalized spacial score (nSPS) is 11.3. The first-order valence-corrected chi connectivity index (χ1v) is 6.91. The first-order valence-electron chi connectivity index (χ1n) is 6.91. The van der Waals surface area contributed by atoms with Crippen molar-refractivity contribution >= 4 is 21.8 Å². The quantitative estimate of drug-likeness (QED) is 0.718. The minimum atomic E-state index is 0.993. The zero-order valence-corrected chi connectivity index (χ0v) is 11.5. The average molecular weight is 253 g/mol. The number of hydrogen-bond acceptors (Lipinski definition) is 1. The Morgan fingerprint density at radius 3 is 2.68 bits per heavy atom. The van der Waals surface area contributed by atoms with E-state index in [-0.39, 0.29) is 0 Å². The van der Waals surface area contributed by atoms with Gasteiger partial charge in [0.15, 0.2) is 0 Å². The summed E-state index contributed by atoms with van der Waals surface area (Å²) in [6, 6.07) is 12.7. The molecule has 3 aromatic rings. The zero-order chi connectivity index (χ0) is 13.2. The van der Waals surface area contributed by atoms with E-state index in [2.05, 4.69) is 48.3 Å². The number of methoxy groups -OCH3 is 1. The Balaban J connectivity index is 2.28. The summed E-state index contributed by atoms with van der Waals surface area (Å²) in [5, 5.41) is 2.58. The molecule has 0 spiro atoms. The monoisotopic (exact) mass is 253 g/mol. The molecule has 0 atom stereocenters. The molecule has 1 aromatic heterocycles. The SMILES string of the molecule is CCCCc1c(OC)ccc2c1[nH]c1ccccc12. The molecule has 0 aliphatic heterocycles. The lowest BCUT2D eigenvalue weighted by Crippen LogP contribution is -1.93. The molecule has 2 nitrogen and oxygen atoms in total. The third-order valence-corrected chi connectivity index (χ3v) is 3.75. The predicted octanol–water partition coefficient (Wildman–Crippen LogP) is 4.67. The fourth-order valence-electron chi connectivity index (χ4n) is 2.75. The van der Waals surface area contributed by atoms with Gasteiger partial charge >= 0.3 is 0 Å². The average Bonchev–Trinajstić information content (AvgIpc) is 2.83. The molecule has 98 valence electrons. The van der Waals surface area contributed by atoms with Gasteiger partial charge in [-0.2, -0.15) is 0 Å². The van der Waals surface area contributed by atoms with Crippen molar-refractivity contribution in [3.8, 4) is 5.75 Å². The van der Waals surface area contributed by atoms with Crippen LogP contribution in [-0.2, 0) is 6.42 Å². The van der Waals surface area contributed by atoms with Gasteiger partial charge in [0.1, 0.15) is 5.75 Å². The van der Waals surface area contributed by atoms with E-state index in [9.17, 15) is 0 Å². The Morgan fingerprint density at radius 1 is 1.05 bits per heavy atom. The van der Waals surface area contributed by atoms with Gasteiger partial charge in [-0.15, -0.1) is 0 Å². The van der Waals surface area contributed by atoms with Crippen molar-refractivity contribution in [3.05, 3.63) is 42.0 Å². The van der Waals surface area contributed by atoms with E-state index in [1.54, 1.807) is 7.11 Å². The number of aryl methyl sites for hydroxylation is 1. The smallest absolute Gasteiger partial charge is 0.124 e. The van der Waals surface area contributed by atoms with Crippen molar-refractivity contribution < 1.29 is 4.74 Å². The van der Waals surface area contributed by atoms with Crippen LogP contribution in [0.25, 0.3) is 21.8 Å². The number of rotatable bonds is 4. The number of ether oxygens (including phenoxy) is 1. The molecule has 2 heteroatoms. The van der Waals surface area contributed by atoms with Gasteiger partial charge in [0, 0.05) is 21.9 Å². The van der Waals surface area contributed by atoms with Crippen molar-refractivity contribution in [2.45, 2.75) is 26.2 Å². The van der Waals surface area contributed by atoms with Crippen LogP contribution in [0.2, 0.25) is 0 Å². The Labute approximate surface area is 113 Å². The summed E-state index contributed by atoms with van der Waals surface area (Å²) < 4.78 is 5.53. The summed E-state index contributed by atoms with van der Waals surface area (Å²) in [4.78, 5) is 3.55. The highest BCUT2D eigenvalue weighted by atomic mass is 16.5. The number of H-pyrrole nitrogens is 1. The van der Waals surface area contributed by atoms with Crippen molar-refractivity contribution in [1.82, 2.24) is 4.98 Å². The molecule has 2 aromatic carbocycles. The summed E-state index contributed by atoms with van der Waals surface area (Å²) >= 11 is 0. The minimum absolute atomic E-state index is 0.993. The van der Waals surface area contributed by atoms with Gasteiger partial charge in [0.2, 0.25) is 0 Å². The highest BCUT2D eigenvalue weighted by Gasteiger charge is 2.12. The van der Waals surface area contributed by atoms with Crippen molar-refractivity contribution in [2.75, 3.05) is 7.11 Å². The van der Waals surface area contributed by atoms with Gasteiger partial charge in [0.05, 0.1) is 12.6 Å². The van der Waals surface area contributed by atoms with Gasteiger partial charge < -0.3 is 9.72 Å². The maximum atomic E-state index is 5.53. The van der Waals surface area contributed by atoms with Gasteiger partial charge in [-0.1, -0.05) is 31.5 Å². The summed E-state index contributed by atoms with van der Waals surface area (Å²) in [7, 11) is 1.75. The van der Waals surface area contributed by atoms with Gasteiger partial charge in [0.25, 0.3) is 0 Å². The fourth-order valence-corrected chi connectivity index (χ4v) is 2.75. The molecule has 0 aliphatic carbocycles. The summed E-state index contributed by atoms with van der Waals surface area (Å²) in [6.07, 6.45) is 3.44. The standard InChI is InChI=1S/C17H19NO/c1-3-4-7-14-16(19-2)11-10-13-12-8-5-6-9-15(12)18-17(13)14/h5-6,8-11,18H,3-4,7H2,1-2H3. The van der Waals surface area contributed by atoms with Gasteiger partial charge in [-0.3, -0.25) is 0 Å². The summed E-state index contributed by atoms with van der Waals surface area (Å²) in [6.45, 7) is 2.22. The minimum Gasteiger partial charge on any atom is -0.496 e. The van der Waals surface area contributed by atoms with Crippen LogP contribution < -0.4 is 4.74 Å². The topological polar surface area (TPSA) is 25.0 Å². The molecular weight excluding hydrogens is 234 g/mol.